The Morgan fingerprint density at radius 2 is 1.42 bits per heavy atom. The summed E-state index contributed by atoms with van der Waals surface area (Å²) in [5.74, 6) is -5.43. The van der Waals surface area contributed by atoms with Gasteiger partial charge in [0, 0.05) is 0 Å². The number of carbonyl (C=O) groups excluding carboxylic acids is 3. The molecule has 0 heterocycles. The molecule has 0 rings (SSSR count). The Morgan fingerprint density at radius 1 is 0.848 bits per heavy atom. The third kappa shape index (κ3) is 11.1. The smallest absolute Gasteiger partial charge is 0.326 e. The number of nitrogens with one attached hydrogen (secondary N) is 3. The summed E-state index contributed by atoms with van der Waals surface area (Å²) in [6.07, 6.45) is 0.997. The Bertz CT molecular complexity index is 686. The zero-order valence-corrected chi connectivity index (χ0v) is 19.8. The molecule has 0 aromatic rings. The summed E-state index contributed by atoms with van der Waals surface area (Å²) in [7, 11) is 0. The van der Waals surface area contributed by atoms with Crippen molar-refractivity contribution in [2.24, 2.45) is 23.3 Å². The number of carbonyl (C=O) groups is 5. The fourth-order valence-electron chi connectivity index (χ4n) is 2.96. The first-order valence-electron chi connectivity index (χ1n) is 11.2. The average Bonchev–Trinajstić information content (AvgIpc) is 2.73. The predicted molar refractivity (Wildman–Crippen MR) is 121 cm³/mol. The minimum atomic E-state index is -1.53. The molecule has 9 N–H and O–H groups in total. The number of nitrogens with two attached hydrogens (primary N) is 2. The maximum atomic E-state index is 12.8. The molecule has 0 aliphatic heterocycles. The summed E-state index contributed by atoms with van der Waals surface area (Å²) in [5.41, 5.74) is 11.3. The Kier molecular flexibility index (Phi) is 13.9. The second kappa shape index (κ2) is 15.2. The van der Waals surface area contributed by atoms with E-state index >= 15 is 0 Å². The largest absolute Gasteiger partial charge is 0.481 e. The summed E-state index contributed by atoms with van der Waals surface area (Å²) in [4.78, 5) is 60.6. The lowest BCUT2D eigenvalue weighted by molar-refractivity contribution is -0.144. The van der Waals surface area contributed by atoms with Crippen LogP contribution < -0.4 is 27.4 Å². The van der Waals surface area contributed by atoms with Gasteiger partial charge in [-0.05, 0) is 37.6 Å². The standard InChI is InChI=1S/C21H39N5O7/c1-5-12(4)16(23)19(30)26-17(11(2)3)20(31)25-14(10-15(27)28)18(29)24-13(21(32)33)8-6-7-9-22/h11-14,16-17H,5-10,22-23H2,1-4H3,(H,24,29)(H,25,31)(H,26,30)(H,27,28)(H,32,33). The second-order valence-corrected chi connectivity index (χ2v) is 8.48. The highest BCUT2D eigenvalue weighted by Gasteiger charge is 2.33. The lowest BCUT2D eigenvalue weighted by Crippen LogP contribution is -2.59. The van der Waals surface area contributed by atoms with Gasteiger partial charge >= 0.3 is 11.9 Å². The first-order valence-corrected chi connectivity index (χ1v) is 11.2. The molecule has 5 unspecified atom stereocenters. The van der Waals surface area contributed by atoms with Crippen molar-refractivity contribution >= 4 is 29.7 Å². The molecule has 190 valence electrons. The molecule has 0 aliphatic carbocycles. The van der Waals surface area contributed by atoms with E-state index in [2.05, 4.69) is 16.0 Å². The van der Waals surface area contributed by atoms with Gasteiger partial charge in [0.1, 0.15) is 18.1 Å². The van der Waals surface area contributed by atoms with Gasteiger partial charge < -0.3 is 37.6 Å². The summed E-state index contributed by atoms with van der Waals surface area (Å²) in [5, 5.41) is 25.7. The van der Waals surface area contributed by atoms with E-state index in [0.717, 1.165) is 0 Å². The molecule has 0 bridgehead atoms. The molecular formula is C21H39N5O7. The van der Waals surface area contributed by atoms with E-state index in [-0.39, 0.29) is 12.3 Å². The quantitative estimate of drug-likeness (QED) is 0.139. The number of rotatable bonds is 16. The minimum absolute atomic E-state index is 0.101. The van der Waals surface area contributed by atoms with E-state index in [0.29, 0.717) is 25.8 Å². The van der Waals surface area contributed by atoms with Crippen LogP contribution in [0.4, 0.5) is 0 Å². The van der Waals surface area contributed by atoms with E-state index in [4.69, 9.17) is 16.6 Å². The van der Waals surface area contributed by atoms with Crippen LogP contribution in [0.2, 0.25) is 0 Å². The molecule has 0 fully saturated rings. The monoisotopic (exact) mass is 473 g/mol. The zero-order chi connectivity index (χ0) is 25.7. The number of hydrogen-bond acceptors (Lipinski definition) is 7. The summed E-state index contributed by atoms with van der Waals surface area (Å²) in [6, 6.07) is -4.71. The van der Waals surface area contributed by atoms with Gasteiger partial charge in [-0.1, -0.05) is 34.1 Å². The number of unbranched alkanes of at least 4 members (excludes halogenated alkanes) is 1. The van der Waals surface area contributed by atoms with Gasteiger partial charge in [-0.25, -0.2) is 4.79 Å². The molecule has 0 aliphatic rings. The molecule has 0 radical (unpaired) electrons. The van der Waals surface area contributed by atoms with Crippen molar-refractivity contribution in [3.8, 4) is 0 Å². The summed E-state index contributed by atoms with van der Waals surface area (Å²) < 4.78 is 0. The van der Waals surface area contributed by atoms with Crippen molar-refractivity contribution in [3.63, 3.8) is 0 Å². The van der Waals surface area contributed by atoms with Crippen LogP contribution in [0.5, 0.6) is 0 Å². The van der Waals surface area contributed by atoms with Gasteiger partial charge in [0.2, 0.25) is 17.7 Å². The van der Waals surface area contributed by atoms with Gasteiger partial charge in [-0.2, -0.15) is 0 Å². The van der Waals surface area contributed by atoms with Crippen molar-refractivity contribution in [2.75, 3.05) is 6.54 Å². The van der Waals surface area contributed by atoms with E-state index in [1.807, 2.05) is 6.92 Å². The second-order valence-electron chi connectivity index (χ2n) is 8.48. The van der Waals surface area contributed by atoms with Crippen LogP contribution >= 0.6 is 0 Å². The van der Waals surface area contributed by atoms with Crippen molar-refractivity contribution in [1.29, 1.82) is 0 Å². The molecule has 12 nitrogen and oxygen atoms in total. The highest BCUT2D eigenvalue weighted by Crippen LogP contribution is 2.09. The summed E-state index contributed by atoms with van der Waals surface area (Å²) >= 11 is 0. The molecular weight excluding hydrogens is 434 g/mol. The van der Waals surface area contributed by atoms with Crippen LogP contribution in [0.15, 0.2) is 0 Å². The lowest BCUT2D eigenvalue weighted by atomic mass is 9.97. The van der Waals surface area contributed by atoms with Gasteiger partial charge in [0.25, 0.3) is 0 Å². The van der Waals surface area contributed by atoms with E-state index < -0.39 is 66.2 Å². The van der Waals surface area contributed by atoms with E-state index in [9.17, 15) is 29.1 Å². The number of carboxylic acid groups (broad SMARTS) is 2. The van der Waals surface area contributed by atoms with Crippen molar-refractivity contribution in [2.45, 2.75) is 84.0 Å². The molecule has 33 heavy (non-hydrogen) atoms. The first-order chi connectivity index (χ1) is 15.3. The molecule has 0 aromatic carbocycles. The maximum absolute atomic E-state index is 12.8. The Hall–Kier alpha value is -2.73. The van der Waals surface area contributed by atoms with Crippen molar-refractivity contribution in [1.82, 2.24) is 16.0 Å². The number of amides is 3. The predicted octanol–water partition coefficient (Wildman–Crippen LogP) is -0.841. The van der Waals surface area contributed by atoms with Crippen LogP contribution in [0.1, 0.15) is 59.8 Å². The van der Waals surface area contributed by atoms with Crippen LogP contribution in [0.3, 0.4) is 0 Å². The number of aliphatic carboxylic acids is 2. The van der Waals surface area contributed by atoms with Gasteiger partial charge in [-0.3, -0.25) is 19.2 Å². The van der Waals surface area contributed by atoms with Crippen LogP contribution in [-0.2, 0) is 24.0 Å². The van der Waals surface area contributed by atoms with Gasteiger partial charge in [-0.15, -0.1) is 0 Å². The molecule has 12 heteroatoms. The highest BCUT2D eigenvalue weighted by molar-refractivity contribution is 5.95. The van der Waals surface area contributed by atoms with Crippen molar-refractivity contribution < 1.29 is 34.2 Å². The Labute approximate surface area is 194 Å². The highest BCUT2D eigenvalue weighted by atomic mass is 16.4. The van der Waals surface area contributed by atoms with Gasteiger partial charge in [0.05, 0.1) is 12.5 Å². The third-order valence-electron chi connectivity index (χ3n) is 5.38. The number of hydrogen-bond donors (Lipinski definition) is 7. The normalized spacial score (nSPS) is 15.6. The molecule has 0 aromatic heterocycles. The first kappa shape index (κ1) is 30.3. The molecule has 0 saturated carbocycles. The molecule has 5 atom stereocenters. The fraction of sp³-hybridized carbons (Fsp3) is 0.762. The number of carboxylic acids is 2. The summed E-state index contributed by atoms with van der Waals surface area (Å²) in [6.45, 7) is 7.38. The van der Waals surface area contributed by atoms with Crippen LogP contribution in [0.25, 0.3) is 0 Å². The zero-order valence-electron chi connectivity index (χ0n) is 19.8. The van der Waals surface area contributed by atoms with Crippen LogP contribution in [0, 0.1) is 11.8 Å². The van der Waals surface area contributed by atoms with Gasteiger partial charge in [0.15, 0.2) is 0 Å². The fourth-order valence-corrected chi connectivity index (χ4v) is 2.96. The van der Waals surface area contributed by atoms with E-state index in [1.54, 1.807) is 20.8 Å². The lowest BCUT2D eigenvalue weighted by Gasteiger charge is -2.27. The Balaban J connectivity index is 5.43. The third-order valence-corrected chi connectivity index (χ3v) is 5.38. The van der Waals surface area contributed by atoms with Crippen LogP contribution in [-0.4, -0.2) is 70.6 Å². The Morgan fingerprint density at radius 3 is 1.88 bits per heavy atom. The molecule has 0 saturated heterocycles. The maximum Gasteiger partial charge on any atom is 0.326 e. The van der Waals surface area contributed by atoms with E-state index in [1.165, 1.54) is 0 Å². The topological polar surface area (TPSA) is 214 Å². The van der Waals surface area contributed by atoms with Crippen molar-refractivity contribution in [3.05, 3.63) is 0 Å². The molecule has 0 spiro atoms. The molecule has 3 amide bonds. The minimum Gasteiger partial charge on any atom is -0.481 e. The average molecular weight is 474 g/mol. The SMILES string of the molecule is CCC(C)C(N)C(=O)NC(C(=O)NC(CC(=O)O)C(=O)NC(CCCCN)C(=O)O)C(C)C.